The standard InChI is InChI=1S/C11H15N3O2/c1-2-8-4-3-5-9(6-8)14-10(15)7-13-11(12)16/h3-6H,2,7H2,1H3,(H,14,15)(H3,12,13,16). The molecule has 0 saturated carbocycles. The SMILES string of the molecule is CCc1cccc(NC(=O)CNC(N)=O)c1. The maximum atomic E-state index is 11.3. The maximum absolute atomic E-state index is 11.3. The van der Waals surface area contributed by atoms with Gasteiger partial charge in [-0.2, -0.15) is 0 Å². The van der Waals surface area contributed by atoms with Crippen LogP contribution in [0.3, 0.4) is 0 Å². The number of hydrogen-bond acceptors (Lipinski definition) is 2. The van der Waals surface area contributed by atoms with Gasteiger partial charge in [0.25, 0.3) is 0 Å². The first kappa shape index (κ1) is 12.0. The predicted octanol–water partition coefficient (Wildman–Crippen LogP) is 0.856. The summed E-state index contributed by atoms with van der Waals surface area (Å²) in [6.45, 7) is 1.92. The van der Waals surface area contributed by atoms with Gasteiger partial charge in [0, 0.05) is 5.69 Å². The first-order chi connectivity index (χ1) is 7.61. The zero-order valence-electron chi connectivity index (χ0n) is 9.12. The second-order valence-electron chi connectivity index (χ2n) is 3.32. The van der Waals surface area contributed by atoms with E-state index in [0.29, 0.717) is 0 Å². The van der Waals surface area contributed by atoms with Crippen LogP contribution in [0.5, 0.6) is 0 Å². The Hall–Kier alpha value is -2.04. The molecule has 5 nitrogen and oxygen atoms in total. The zero-order chi connectivity index (χ0) is 12.0. The van der Waals surface area contributed by atoms with E-state index in [-0.39, 0.29) is 12.5 Å². The Morgan fingerprint density at radius 1 is 1.38 bits per heavy atom. The second kappa shape index (κ2) is 5.75. The minimum absolute atomic E-state index is 0.119. The molecule has 1 aromatic carbocycles. The predicted molar refractivity (Wildman–Crippen MR) is 62.0 cm³/mol. The molecule has 0 unspecified atom stereocenters. The highest BCUT2D eigenvalue weighted by atomic mass is 16.2. The third-order valence-electron chi connectivity index (χ3n) is 2.04. The summed E-state index contributed by atoms with van der Waals surface area (Å²) in [5.41, 5.74) is 6.71. The smallest absolute Gasteiger partial charge is 0.312 e. The van der Waals surface area contributed by atoms with E-state index in [9.17, 15) is 9.59 Å². The number of benzene rings is 1. The number of aryl methyl sites for hydroxylation is 1. The van der Waals surface area contributed by atoms with E-state index in [4.69, 9.17) is 5.73 Å². The van der Waals surface area contributed by atoms with Crippen molar-refractivity contribution < 1.29 is 9.59 Å². The molecule has 0 heterocycles. The van der Waals surface area contributed by atoms with Crippen LogP contribution in [-0.2, 0) is 11.2 Å². The number of primary amides is 1. The molecule has 0 spiro atoms. The Bertz CT molecular complexity index is 391. The lowest BCUT2D eigenvalue weighted by molar-refractivity contribution is -0.115. The third kappa shape index (κ3) is 4.00. The van der Waals surface area contributed by atoms with Gasteiger partial charge < -0.3 is 16.4 Å². The molecule has 0 bridgehead atoms. The number of carbonyl (C=O) groups excluding carboxylic acids is 2. The normalized spacial score (nSPS) is 9.56. The molecule has 0 radical (unpaired) electrons. The summed E-state index contributed by atoms with van der Waals surface area (Å²) < 4.78 is 0. The summed E-state index contributed by atoms with van der Waals surface area (Å²) in [6.07, 6.45) is 0.906. The van der Waals surface area contributed by atoms with Crippen LogP contribution in [0.15, 0.2) is 24.3 Å². The van der Waals surface area contributed by atoms with E-state index in [0.717, 1.165) is 17.7 Å². The highest BCUT2D eigenvalue weighted by Crippen LogP contribution is 2.10. The topological polar surface area (TPSA) is 84.2 Å². The van der Waals surface area contributed by atoms with Gasteiger partial charge >= 0.3 is 6.03 Å². The Kier molecular flexibility index (Phi) is 4.32. The van der Waals surface area contributed by atoms with E-state index in [1.807, 2.05) is 25.1 Å². The van der Waals surface area contributed by atoms with Crippen LogP contribution in [0.25, 0.3) is 0 Å². The lowest BCUT2D eigenvalue weighted by atomic mass is 10.1. The average molecular weight is 221 g/mol. The Morgan fingerprint density at radius 3 is 2.75 bits per heavy atom. The fourth-order valence-electron chi connectivity index (χ4n) is 1.24. The molecule has 86 valence electrons. The van der Waals surface area contributed by atoms with Crippen molar-refractivity contribution in [3.05, 3.63) is 29.8 Å². The molecule has 0 aliphatic heterocycles. The molecule has 5 heteroatoms. The fraction of sp³-hybridized carbons (Fsp3) is 0.273. The second-order valence-corrected chi connectivity index (χ2v) is 3.32. The van der Waals surface area contributed by atoms with Crippen LogP contribution >= 0.6 is 0 Å². The van der Waals surface area contributed by atoms with Gasteiger partial charge in [-0.25, -0.2) is 4.79 Å². The van der Waals surface area contributed by atoms with Crippen LogP contribution < -0.4 is 16.4 Å². The summed E-state index contributed by atoms with van der Waals surface area (Å²) in [6, 6.07) is 6.83. The summed E-state index contributed by atoms with van der Waals surface area (Å²) in [5, 5.41) is 4.88. The van der Waals surface area contributed by atoms with Gasteiger partial charge in [-0.3, -0.25) is 4.79 Å². The van der Waals surface area contributed by atoms with Gasteiger partial charge in [-0.05, 0) is 24.1 Å². The summed E-state index contributed by atoms with van der Waals surface area (Å²) >= 11 is 0. The van der Waals surface area contributed by atoms with Crippen molar-refractivity contribution in [2.75, 3.05) is 11.9 Å². The number of urea groups is 1. The molecule has 0 aliphatic carbocycles. The first-order valence-corrected chi connectivity index (χ1v) is 5.04. The lowest BCUT2D eigenvalue weighted by Gasteiger charge is -2.06. The lowest BCUT2D eigenvalue weighted by Crippen LogP contribution is -2.36. The molecule has 1 rings (SSSR count). The fourth-order valence-corrected chi connectivity index (χ4v) is 1.24. The van der Waals surface area contributed by atoms with Crippen molar-refractivity contribution >= 4 is 17.6 Å². The average Bonchev–Trinajstić information content (AvgIpc) is 2.26. The molecule has 0 aliphatic rings. The zero-order valence-corrected chi connectivity index (χ0v) is 9.12. The minimum atomic E-state index is -0.711. The molecule has 3 amide bonds. The number of hydrogen-bond donors (Lipinski definition) is 3. The molecule has 0 saturated heterocycles. The third-order valence-corrected chi connectivity index (χ3v) is 2.04. The van der Waals surface area contributed by atoms with Crippen molar-refractivity contribution in [3.8, 4) is 0 Å². The van der Waals surface area contributed by atoms with Gasteiger partial charge in [0.15, 0.2) is 0 Å². The molecule has 1 aromatic rings. The van der Waals surface area contributed by atoms with E-state index >= 15 is 0 Å². The molecular weight excluding hydrogens is 206 g/mol. The van der Waals surface area contributed by atoms with E-state index in [1.165, 1.54) is 0 Å². The number of nitrogens with one attached hydrogen (secondary N) is 2. The van der Waals surface area contributed by atoms with Gasteiger partial charge in [0.05, 0.1) is 6.54 Å². The largest absolute Gasteiger partial charge is 0.352 e. The van der Waals surface area contributed by atoms with E-state index in [1.54, 1.807) is 6.07 Å². The summed E-state index contributed by atoms with van der Waals surface area (Å²) in [7, 11) is 0. The molecule has 16 heavy (non-hydrogen) atoms. The number of nitrogens with two attached hydrogens (primary N) is 1. The summed E-state index contributed by atoms with van der Waals surface area (Å²) in [5.74, 6) is -0.299. The first-order valence-electron chi connectivity index (χ1n) is 5.04. The number of carbonyl (C=O) groups is 2. The van der Waals surface area contributed by atoms with Crippen LogP contribution in [0.1, 0.15) is 12.5 Å². The van der Waals surface area contributed by atoms with Gasteiger partial charge in [0.1, 0.15) is 0 Å². The number of amides is 3. The van der Waals surface area contributed by atoms with Gasteiger partial charge in [-0.15, -0.1) is 0 Å². The van der Waals surface area contributed by atoms with Gasteiger partial charge in [-0.1, -0.05) is 19.1 Å². The highest BCUT2D eigenvalue weighted by Gasteiger charge is 2.03. The Labute approximate surface area is 94.0 Å². The minimum Gasteiger partial charge on any atom is -0.352 e. The Balaban J connectivity index is 2.52. The molecule has 0 aromatic heterocycles. The van der Waals surface area contributed by atoms with Crippen LogP contribution in [0.2, 0.25) is 0 Å². The number of anilines is 1. The van der Waals surface area contributed by atoms with Crippen molar-refractivity contribution in [2.24, 2.45) is 5.73 Å². The van der Waals surface area contributed by atoms with Crippen LogP contribution in [0, 0.1) is 0 Å². The molecule has 4 N–H and O–H groups in total. The van der Waals surface area contributed by atoms with E-state index < -0.39 is 6.03 Å². The van der Waals surface area contributed by atoms with Crippen molar-refractivity contribution in [3.63, 3.8) is 0 Å². The van der Waals surface area contributed by atoms with Crippen molar-refractivity contribution in [1.82, 2.24) is 5.32 Å². The summed E-state index contributed by atoms with van der Waals surface area (Å²) in [4.78, 5) is 21.7. The van der Waals surface area contributed by atoms with Crippen LogP contribution in [0.4, 0.5) is 10.5 Å². The van der Waals surface area contributed by atoms with Crippen molar-refractivity contribution in [1.29, 1.82) is 0 Å². The monoisotopic (exact) mass is 221 g/mol. The maximum Gasteiger partial charge on any atom is 0.312 e. The van der Waals surface area contributed by atoms with Crippen LogP contribution in [-0.4, -0.2) is 18.5 Å². The van der Waals surface area contributed by atoms with Gasteiger partial charge in [0.2, 0.25) is 5.91 Å². The molecular formula is C11H15N3O2. The highest BCUT2D eigenvalue weighted by molar-refractivity contribution is 5.94. The Morgan fingerprint density at radius 2 is 2.12 bits per heavy atom. The number of rotatable bonds is 4. The van der Waals surface area contributed by atoms with Crippen molar-refractivity contribution in [2.45, 2.75) is 13.3 Å². The quantitative estimate of drug-likeness (QED) is 0.704. The van der Waals surface area contributed by atoms with E-state index in [2.05, 4.69) is 10.6 Å². The molecule has 0 atom stereocenters. The molecule has 0 fully saturated rings.